The largest absolute Gasteiger partial charge is 0.359 e. The van der Waals surface area contributed by atoms with Crippen molar-refractivity contribution in [2.75, 3.05) is 65.6 Å². The van der Waals surface area contributed by atoms with Gasteiger partial charge in [0, 0.05) is 83.6 Å². The Kier molecular flexibility index (Phi) is 8.40. The van der Waals surface area contributed by atoms with Crippen LogP contribution in [0.5, 0.6) is 0 Å². The third-order valence-corrected chi connectivity index (χ3v) is 11.6. The number of likely N-dealkylation sites (tertiary alicyclic amines) is 2. The van der Waals surface area contributed by atoms with Crippen LogP contribution in [-0.4, -0.2) is 105 Å². The minimum atomic E-state index is -3.64. The fourth-order valence-electron chi connectivity index (χ4n) is 6.73. The number of hydrogen-bond donors (Lipinski definition) is 1. The van der Waals surface area contributed by atoms with E-state index in [-0.39, 0.29) is 16.4 Å². The number of hydrogen-bond acceptors (Lipinski definition) is 8. The zero-order chi connectivity index (χ0) is 27.8. The fraction of sp³-hybridized carbons (Fsp3) is 0.767. The number of sulfonamides is 1. The van der Waals surface area contributed by atoms with Crippen molar-refractivity contribution in [1.82, 2.24) is 19.4 Å². The van der Waals surface area contributed by atoms with Crippen molar-refractivity contribution >= 4 is 15.8 Å². The molecular weight excluding hydrogens is 528 g/mol. The Balaban J connectivity index is 0.000000173. The van der Waals surface area contributed by atoms with Crippen LogP contribution >= 0.6 is 0 Å². The maximum atomic E-state index is 13.2. The summed E-state index contributed by atoms with van der Waals surface area (Å²) in [6.45, 7) is 10.9. The van der Waals surface area contributed by atoms with Gasteiger partial charge in [0.15, 0.2) is 5.78 Å². The Morgan fingerprint density at radius 2 is 1.43 bits per heavy atom. The van der Waals surface area contributed by atoms with Gasteiger partial charge in [-0.2, -0.15) is 4.31 Å². The summed E-state index contributed by atoms with van der Waals surface area (Å²) in [6, 6.07) is 6.22. The van der Waals surface area contributed by atoms with Crippen molar-refractivity contribution in [3.63, 3.8) is 0 Å². The number of rotatable bonds is 7. The summed E-state index contributed by atoms with van der Waals surface area (Å²) >= 11 is 0. The van der Waals surface area contributed by atoms with Crippen LogP contribution in [0.3, 0.4) is 0 Å². The highest BCUT2D eigenvalue weighted by Gasteiger charge is 2.50. The van der Waals surface area contributed by atoms with E-state index in [1.165, 1.54) is 77.2 Å². The average molecular weight is 575 g/mol. The highest BCUT2D eigenvalue weighted by atomic mass is 32.2. The molecule has 6 aliphatic rings. The molecule has 6 fully saturated rings. The zero-order valence-corrected chi connectivity index (χ0v) is 24.8. The highest BCUT2D eigenvalue weighted by molar-refractivity contribution is 7.89. The summed E-state index contributed by atoms with van der Waals surface area (Å²) in [5.74, 6) is 1.80. The summed E-state index contributed by atoms with van der Waals surface area (Å²) in [4.78, 5) is 16.7. The van der Waals surface area contributed by atoms with Crippen LogP contribution in [0.2, 0.25) is 0 Å². The van der Waals surface area contributed by atoms with E-state index in [2.05, 4.69) is 15.1 Å². The van der Waals surface area contributed by atoms with Gasteiger partial charge in [-0.25, -0.2) is 8.42 Å². The summed E-state index contributed by atoms with van der Waals surface area (Å²) < 4.78 is 39.8. The quantitative estimate of drug-likeness (QED) is 0.498. The number of benzene rings is 1. The number of ether oxygens (including phenoxy) is 2. The molecule has 222 valence electrons. The van der Waals surface area contributed by atoms with Gasteiger partial charge in [0.2, 0.25) is 10.0 Å². The average Bonchev–Trinajstić information content (AvgIpc) is 3.88. The Labute approximate surface area is 239 Å². The van der Waals surface area contributed by atoms with E-state index in [9.17, 15) is 13.2 Å². The van der Waals surface area contributed by atoms with Crippen molar-refractivity contribution in [2.45, 2.75) is 74.6 Å². The number of ketones is 1. The lowest BCUT2D eigenvalue weighted by Gasteiger charge is -2.43. The standard InChI is InChI=1S/C19H26N2O4S.C11H20N2O/c1-15(22)17-4-6-18(7-5-17)26(23,24)21-12-13-25-19(21)8-10-20(11-9-19)14-16-2-3-16;1-2-10(1)9-13-6-3-11(4-7-13)12-5-8-14-11/h4-7,16H,2-3,8-14H2,1H3;10,12H,1-9H2. The first kappa shape index (κ1) is 28.7. The van der Waals surface area contributed by atoms with E-state index in [0.717, 1.165) is 44.6 Å². The molecule has 10 heteroatoms. The van der Waals surface area contributed by atoms with Gasteiger partial charge < -0.3 is 19.3 Å². The summed E-state index contributed by atoms with van der Waals surface area (Å²) in [5, 5.41) is 3.51. The molecule has 9 nitrogen and oxygen atoms in total. The van der Waals surface area contributed by atoms with Crippen molar-refractivity contribution in [3.05, 3.63) is 29.8 Å². The van der Waals surface area contributed by atoms with Gasteiger partial charge in [-0.1, -0.05) is 12.1 Å². The third kappa shape index (κ3) is 6.48. The second-order valence-corrected chi connectivity index (χ2v) is 14.6. The number of nitrogens with one attached hydrogen (secondary N) is 1. The van der Waals surface area contributed by atoms with Crippen LogP contribution in [0, 0.1) is 11.8 Å². The molecule has 0 amide bonds. The Bertz CT molecular complexity index is 1130. The lowest BCUT2D eigenvalue weighted by Crippen LogP contribution is -2.55. The van der Waals surface area contributed by atoms with Gasteiger partial charge in [-0.05, 0) is 56.6 Å². The molecule has 4 heterocycles. The van der Waals surface area contributed by atoms with E-state index < -0.39 is 15.7 Å². The summed E-state index contributed by atoms with van der Waals surface area (Å²) in [6.07, 6.45) is 9.38. The number of carbonyl (C=O) groups is 1. The second kappa shape index (κ2) is 11.7. The van der Waals surface area contributed by atoms with Crippen LogP contribution in [0.1, 0.15) is 68.6 Å². The molecule has 0 bridgehead atoms. The van der Waals surface area contributed by atoms with Crippen LogP contribution in [-0.2, 0) is 19.5 Å². The number of carbonyl (C=O) groups excluding carboxylic acids is 1. The van der Waals surface area contributed by atoms with Crippen LogP contribution in [0.4, 0.5) is 0 Å². The predicted molar refractivity (Wildman–Crippen MR) is 153 cm³/mol. The normalized spacial score (nSPS) is 27.1. The van der Waals surface area contributed by atoms with Crippen molar-refractivity contribution in [2.24, 2.45) is 11.8 Å². The smallest absolute Gasteiger partial charge is 0.245 e. The van der Waals surface area contributed by atoms with Crippen molar-refractivity contribution in [3.8, 4) is 0 Å². The third-order valence-electron chi connectivity index (χ3n) is 9.62. The van der Waals surface area contributed by atoms with Gasteiger partial charge in [0.1, 0.15) is 11.4 Å². The molecule has 1 aromatic rings. The second-order valence-electron chi connectivity index (χ2n) is 12.7. The minimum Gasteiger partial charge on any atom is -0.359 e. The van der Waals surface area contributed by atoms with Gasteiger partial charge in [-0.3, -0.25) is 10.1 Å². The van der Waals surface area contributed by atoms with Gasteiger partial charge >= 0.3 is 0 Å². The van der Waals surface area contributed by atoms with Crippen LogP contribution in [0.15, 0.2) is 29.2 Å². The summed E-state index contributed by atoms with van der Waals surface area (Å²) in [7, 11) is -3.64. The van der Waals surface area contributed by atoms with Crippen molar-refractivity contribution < 1.29 is 22.7 Å². The highest BCUT2D eigenvalue weighted by Crippen LogP contribution is 2.39. The molecule has 2 aliphatic carbocycles. The Hall–Kier alpha value is -1.40. The SMILES string of the molecule is C1COC2(CCN(CC3CC3)CC2)N1.CC(=O)c1ccc(S(=O)(=O)N2CCOC23CCN(CC2CC2)CC3)cc1. The lowest BCUT2D eigenvalue weighted by molar-refractivity contribution is -0.0910. The van der Waals surface area contributed by atoms with E-state index in [1.807, 2.05) is 0 Å². The molecule has 1 aromatic carbocycles. The monoisotopic (exact) mass is 574 g/mol. The minimum absolute atomic E-state index is 0.0695. The molecule has 1 N–H and O–H groups in total. The molecule has 0 atom stereocenters. The molecule has 0 radical (unpaired) electrons. The first-order chi connectivity index (χ1) is 19.3. The van der Waals surface area contributed by atoms with Gasteiger partial charge in [0.25, 0.3) is 0 Å². The number of Topliss-reactive ketones (excluding diaryl/α,β-unsaturated/α-hetero) is 1. The molecule has 2 spiro atoms. The molecule has 40 heavy (non-hydrogen) atoms. The molecular formula is C30H46N4O5S. The topological polar surface area (TPSA) is 91.4 Å². The van der Waals surface area contributed by atoms with Crippen LogP contribution < -0.4 is 5.32 Å². The molecule has 2 saturated carbocycles. The Morgan fingerprint density at radius 1 is 0.850 bits per heavy atom. The molecule has 4 aliphatic heterocycles. The Morgan fingerprint density at radius 3 is 1.93 bits per heavy atom. The number of nitrogens with zero attached hydrogens (tertiary/aromatic N) is 3. The first-order valence-corrected chi connectivity index (χ1v) is 16.8. The summed E-state index contributed by atoms with van der Waals surface area (Å²) in [5.41, 5.74) is -0.122. The van der Waals surface area contributed by atoms with Gasteiger partial charge in [0.05, 0.1) is 18.1 Å². The molecule has 7 rings (SSSR count). The van der Waals surface area contributed by atoms with E-state index >= 15 is 0 Å². The lowest BCUT2D eigenvalue weighted by atomic mass is 10.0. The van der Waals surface area contributed by atoms with Crippen molar-refractivity contribution in [1.29, 1.82) is 0 Å². The van der Waals surface area contributed by atoms with Gasteiger partial charge in [-0.15, -0.1) is 0 Å². The maximum Gasteiger partial charge on any atom is 0.245 e. The number of piperidine rings is 2. The maximum absolute atomic E-state index is 13.2. The van der Waals surface area contributed by atoms with E-state index in [1.54, 1.807) is 16.4 Å². The van der Waals surface area contributed by atoms with E-state index in [0.29, 0.717) is 31.6 Å². The first-order valence-electron chi connectivity index (χ1n) is 15.4. The molecule has 0 unspecified atom stereocenters. The molecule has 0 aromatic heterocycles. The predicted octanol–water partition coefficient (Wildman–Crippen LogP) is 2.92. The van der Waals surface area contributed by atoms with E-state index in [4.69, 9.17) is 9.47 Å². The fourth-order valence-corrected chi connectivity index (χ4v) is 8.45. The van der Waals surface area contributed by atoms with Crippen LogP contribution in [0.25, 0.3) is 0 Å². The zero-order valence-electron chi connectivity index (χ0n) is 24.0. The molecule has 4 saturated heterocycles.